The minimum Gasteiger partial charge on any atom is -0.310 e. The van der Waals surface area contributed by atoms with Crippen LogP contribution in [0.4, 0.5) is 13.2 Å². The lowest BCUT2D eigenvalue weighted by atomic mass is 10.0. The maximum atomic E-state index is 13.4. The second-order valence-corrected chi connectivity index (χ2v) is 4.89. The minimum atomic E-state index is -1.15. The molecule has 1 nitrogen and oxygen atoms in total. The first-order valence-electron chi connectivity index (χ1n) is 6.30. The Kier molecular flexibility index (Phi) is 5.66. The third kappa shape index (κ3) is 4.33. The van der Waals surface area contributed by atoms with Crippen LogP contribution in [0.1, 0.15) is 39.2 Å². The lowest BCUT2D eigenvalue weighted by Gasteiger charge is -2.17. The Morgan fingerprint density at radius 2 is 1.67 bits per heavy atom. The number of hydrogen-bond acceptors (Lipinski definition) is 1. The normalized spacial score (nSPS) is 14.6. The second-order valence-electron chi connectivity index (χ2n) is 4.89. The van der Waals surface area contributed by atoms with Gasteiger partial charge in [0.2, 0.25) is 0 Å². The van der Waals surface area contributed by atoms with Crippen LogP contribution in [-0.4, -0.2) is 6.04 Å². The molecule has 0 radical (unpaired) electrons. The zero-order valence-corrected chi connectivity index (χ0v) is 11.1. The molecular weight excluding hydrogens is 239 g/mol. The lowest BCUT2D eigenvalue weighted by molar-refractivity contribution is 0.407. The molecule has 0 spiro atoms. The molecule has 0 aliphatic carbocycles. The van der Waals surface area contributed by atoms with Gasteiger partial charge in [-0.15, -0.1) is 0 Å². The summed E-state index contributed by atoms with van der Waals surface area (Å²) in [5, 5.41) is 3.12. The molecule has 0 bridgehead atoms. The first-order chi connectivity index (χ1) is 8.43. The molecule has 2 atom stereocenters. The third-order valence-electron chi connectivity index (χ3n) is 3.18. The summed E-state index contributed by atoms with van der Waals surface area (Å²) >= 11 is 0. The van der Waals surface area contributed by atoms with Gasteiger partial charge in [0.15, 0.2) is 11.6 Å². The Morgan fingerprint density at radius 1 is 1.06 bits per heavy atom. The predicted molar refractivity (Wildman–Crippen MR) is 66.7 cm³/mol. The highest BCUT2D eigenvalue weighted by molar-refractivity contribution is 5.19. The summed E-state index contributed by atoms with van der Waals surface area (Å²) in [6.45, 7) is 6.48. The number of rotatable bonds is 6. The van der Waals surface area contributed by atoms with E-state index in [1.165, 1.54) is 0 Å². The van der Waals surface area contributed by atoms with Crippen LogP contribution in [0.15, 0.2) is 12.1 Å². The Hall–Kier alpha value is -1.03. The average Bonchev–Trinajstić information content (AvgIpc) is 2.32. The van der Waals surface area contributed by atoms with Gasteiger partial charge >= 0.3 is 0 Å². The molecule has 1 aromatic carbocycles. The van der Waals surface area contributed by atoms with Crippen molar-refractivity contribution < 1.29 is 13.2 Å². The topological polar surface area (TPSA) is 12.0 Å². The zero-order chi connectivity index (χ0) is 13.7. The highest BCUT2D eigenvalue weighted by atomic mass is 19.2. The monoisotopic (exact) mass is 259 g/mol. The van der Waals surface area contributed by atoms with Crippen LogP contribution in [0, 0.1) is 23.4 Å². The van der Waals surface area contributed by atoms with E-state index in [4.69, 9.17) is 0 Å². The predicted octanol–water partition coefficient (Wildman–Crippen LogP) is 4.02. The van der Waals surface area contributed by atoms with E-state index in [1.807, 2.05) is 6.92 Å². The highest BCUT2D eigenvalue weighted by Gasteiger charge is 2.11. The maximum Gasteiger partial charge on any atom is 0.161 e. The van der Waals surface area contributed by atoms with Gasteiger partial charge in [-0.2, -0.15) is 0 Å². The van der Waals surface area contributed by atoms with E-state index < -0.39 is 17.5 Å². The number of halogens is 3. The van der Waals surface area contributed by atoms with Gasteiger partial charge in [0, 0.05) is 24.2 Å². The molecule has 1 rings (SSSR count). The van der Waals surface area contributed by atoms with Gasteiger partial charge in [0.1, 0.15) is 5.82 Å². The Labute approximate surface area is 106 Å². The Balaban J connectivity index is 2.55. The van der Waals surface area contributed by atoms with Crippen molar-refractivity contribution in [1.82, 2.24) is 5.32 Å². The molecule has 18 heavy (non-hydrogen) atoms. The van der Waals surface area contributed by atoms with Crippen molar-refractivity contribution in [3.8, 4) is 0 Å². The van der Waals surface area contributed by atoms with Crippen LogP contribution in [-0.2, 0) is 6.54 Å². The molecule has 0 fully saturated rings. The summed E-state index contributed by atoms with van der Waals surface area (Å²) in [5.41, 5.74) is 0.157. The number of benzene rings is 1. The quantitative estimate of drug-likeness (QED) is 0.761. The molecule has 0 saturated carbocycles. The van der Waals surface area contributed by atoms with Crippen molar-refractivity contribution in [2.45, 2.75) is 46.2 Å². The van der Waals surface area contributed by atoms with Gasteiger partial charge in [0.05, 0.1) is 0 Å². The summed E-state index contributed by atoms with van der Waals surface area (Å²) in [4.78, 5) is 0. The van der Waals surface area contributed by atoms with E-state index in [9.17, 15) is 13.2 Å². The van der Waals surface area contributed by atoms with E-state index in [0.717, 1.165) is 18.9 Å². The van der Waals surface area contributed by atoms with Gasteiger partial charge in [-0.25, -0.2) is 13.2 Å². The second kappa shape index (κ2) is 6.78. The molecule has 0 heterocycles. The Bertz CT molecular complexity index is 393. The molecule has 0 aliphatic rings. The van der Waals surface area contributed by atoms with Crippen molar-refractivity contribution in [1.29, 1.82) is 0 Å². The van der Waals surface area contributed by atoms with Crippen molar-refractivity contribution >= 4 is 0 Å². The number of hydrogen-bond donors (Lipinski definition) is 1. The minimum absolute atomic E-state index is 0.157. The fourth-order valence-corrected chi connectivity index (χ4v) is 1.84. The smallest absolute Gasteiger partial charge is 0.161 e. The maximum absolute atomic E-state index is 13.4. The SMILES string of the molecule is CCC(C)CC(C)NCc1cc(F)c(F)cc1F. The molecule has 102 valence electrons. The fraction of sp³-hybridized carbons (Fsp3) is 0.571. The highest BCUT2D eigenvalue weighted by Crippen LogP contribution is 2.15. The number of nitrogens with one attached hydrogen (secondary N) is 1. The Morgan fingerprint density at radius 3 is 2.28 bits per heavy atom. The molecule has 0 aromatic heterocycles. The van der Waals surface area contributed by atoms with E-state index >= 15 is 0 Å². The summed E-state index contributed by atoms with van der Waals surface area (Å²) in [6.07, 6.45) is 2.06. The van der Waals surface area contributed by atoms with Gasteiger partial charge in [-0.1, -0.05) is 20.3 Å². The molecule has 1 N–H and O–H groups in total. The van der Waals surface area contributed by atoms with Gasteiger partial charge in [-0.05, 0) is 25.3 Å². The summed E-state index contributed by atoms with van der Waals surface area (Å²) in [7, 11) is 0. The first-order valence-corrected chi connectivity index (χ1v) is 6.30. The molecule has 4 heteroatoms. The average molecular weight is 259 g/mol. The van der Waals surface area contributed by atoms with Crippen LogP contribution in [0.2, 0.25) is 0 Å². The van der Waals surface area contributed by atoms with Crippen molar-refractivity contribution in [3.05, 3.63) is 35.1 Å². The van der Waals surface area contributed by atoms with Crippen molar-refractivity contribution in [2.24, 2.45) is 5.92 Å². The summed E-state index contributed by atoms with van der Waals surface area (Å²) in [6, 6.07) is 1.71. The van der Waals surface area contributed by atoms with Gasteiger partial charge in [-0.3, -0.25) is 0 Å². The van der Waals surface area contributed by atoms with E-state index in [2.05, 4.69) is 19.2 Å². The van der Waals surface area contributed by atoms with E-state index in [1.54, 1.807) is 0 Å². The molecule has 0 amide bonds. The molecule has 2 unspecified atom stereocenters. The molecular formula is C14H20F3N. The van der Waals surface area contributed by atoms with Crippen LogP contribution < -0.4 is 5.32 Å². The van der Waals surface area contributed by atoms with Gasteiger partial charge in [0.25, 0.3) is 0 Å². The fourth-order valence-electron chi connectivity index (χ4n) is 1.84. The molecule has 0 aliphatic heterocycles. The zero-order valence-electron chi connectivity index (χ0n) is 11.1. The largest absolute Gasteiger partial charge is 0.310 e. The van der Waals surface area contributed by atoms with Crippen LogP contribution in [0.3, 0.4) is 0 Å². The van der Waals surface area contributed by atoms with E-state index in [-0.39, 0.29) is 18.2 Å². The summed E-state index contributed by atoms with van der Waals surface area (Å²) in [5.74, 6) is -2.29. The van der Waals surface area contributed by atoms with E-state index in [0.29, 0.717) is 12.0 Å². The molecule has 1 aromatic rings. The lowest BCUT2D eigenvalue weighted by Crippen LogP contribution is -2.27. The standard InChI is InChI=1S/C14H20F3N/c1-4-9(2)5-10(3)18-8-11-6-13(16)14(17)7-12(11)15/h6-7,9-10,18H,4-5,8H2,1-3H3. The summed E-state index contributed by atoms with van der Waals surface area (Å²) < 4.78 is 39.1. The van der Waals surface area contributed by atoms with Gasteiger partial charge < -0.3 is 5.32 Å². The first kappa shape index (κ1) is 15.0. The third-order valence-corrected chi connectivity index (χ3v) is 3.18. The van der Waals surface area contributed by atoms with Crippen molar-refractivity contribution in [2.75, 3.05) is 0 Å². The van der Waals surface area contributed by atoms with Crippen LogP contribution >= 0.6 is 0 Å². The van der Waals surface area contributed by atoms with Crippen LogP contribution in [0.5, 0.6) is 0 Å². The van der Waals surface area contributed by atoms with Crippen molar-refractivity contribution in [3.63, 3.8) is 0 Å². The molecule has 0 saturated heterocycles. The van der Waals surface area contributed by atoms with Crippen LogP contribution in [0.25, 0.3) is 0 Å².